The first-order valence-electron chi connectivity index (χ1n) is 7.73. The van der Waals surface area contributed by atoms with E-state index < -0.39 is 10.0 Å². The maximum atomic E-state index is 12.0. The molecule has 1 amide bonds. The molecule has 0 radical (unpaired) electrons. The van der Waals surface area contributed by atoms with Gasteiger partial charge < -0.3 is 10.1 Å². The normalized spacial score (nSPS) is 15.8. The number of benzene rings is 2. The first kappa shape index (κ1) is 17.6. The quantitative estimate of drug-likeness (QED) is 0.865. The molecule has 0 saturated carbocycles. The molecular weight excluding hydrogens is 364 g/mol. The third kappa shape index (κ3) is 4.43. The number of halogens is 1. The Hall–Kier alpha value is -2.25. The van der Waals surface area contributed by atoms with Crippen molar-refractivity contribution in [2.75, 3.05) is 28.5 Å². The van der Waals surface area contributed by atoms with Crippen molar-refractivity contribution in [1.29, 1.82) is 0 Å². The predicted octanol–water partition coefficient (Wildman–Crippen LogP) is 2.90. The molecule has 0 spiro atoms. The van der Waals surface area contributed by atoms with E-state index in [4.69, 9.17) is 16.3 Å². The summed E-state index contributed by atoms with van der Waals surface area (Å²) in [6, 6.07) is 13.5. The fraction of sp³-hybridized carbons (Fsp3) is 0.235. The summed E-state index contributed by atoms with van der Waals surface area (Å²) in [4.78, 5) is 12.0. The van der Waals surface area contributed by atoms with Crippen molar-refractivity contribution < 1.29 is 17.9 Å². The summed E-state index contributed by atoms with van der Waals surface area (Å²) in [6.45, 7) is 0.299. The molecule has 3 rings (SSSR count). The Labute approximate surface area is 151 Å². The molecule has 1 N–H and O–H groups in total. The van der Waals surface area contributed by atoms with E-state index in [0.29, 0.717) is 35.1 Å². The molecule has 25 heavy (non-hydrogen) atoms. The number of sulfonamides is 1. The van der Waals surface area contributed by atoms with E-state index in [1.807, 2.05) is 0 Å². The lowest BCUT2D eigenvalue weighted by molar-refractivity contribution is -0.118. The third-order valence-corrected chi connectivity index (χ3v) is 5.82. The number of ether oxygens (including phenoxy) is 1. The summed E-state index contributed by atoms with van der Waals surface area (Å²) >= 11 is 5.79. The largest absolute Gasteiger partial charge is 0.484 e. The highest BCUT2D eigenvalue weighted by Crippen LogP contribution is 2.26. The van der Waals surface area contributed by atoms with Crippen LogP contribution in [0.25, 0.3) is 0 Å². The van der Waals surface area contributed by atoms with Crippen molar-refractivity contribution in [1.82, 2.24) is 0 Å². The van der Waals surface area contributed by atoms with Crippen LogP contribution in [-0.2, 0) is 14.8 Å². The molecule has 1 aliphatic rings. The number of carbonyl (C=O) groups is 1. The highest BCUT2D eigenvalue weighted by atomic mass is 35.5. The summed E-state index contributed by atoms with van der Waals surface area (Å²) in [5, 5.41) is 3.29. The van der Waals surface area contributed by atoms with Gasteiger partial charge in [-0.1, -0.05) is 17.7 Å². The standard InChI is InChI=1S/C17H17ClN2O4S/c18-13-5-7-16(8-6-13)24-12-17(21)19-14-3-1-4-15(11-14)20-9-2-10-25(20,22)23/h1,3-8,11H,2,9-10,12H2,(H,19,21). The highest BCUT2D eigenvalue weighted by Gasteiger charge is 2.28. The molecule has 2 aromatic rings. The molecule has 0 bridgehead atoms. The summed E-state index contributed by atoms with van der Waals surface area (Å²) in [6.07, 6.45) is 0.605. The average molecular weight is 381 g/mol. The van der Waals surface area contributed by atoms with Crippen LogP contribution in [0.4, 0.5) is 11.4 Å². The maximum Gasteiger partial charge on any atom is 0.262 e. The highest BCUT2D eigenvalue weighted by molar-refractivity contribution is 7.93. The van der Waals surface area contributed by atoms with E-state index >= 15 is 0 Å². The molecule has 1 fully saturated rings. The van der Waals surface area contributed by atoms with E-state index in [0.717, 1.165) is 0 Å². The molecule has 1 heterocycles. The van der Waals surface area contributed by atoms with Crippen LogP contribution in [0.15, 0.2) is 48.5 Å². The summed E-state index contributed by atoms with van der Waals surface area (Å²) in [5.74, 6) is 0.353. The molecule has 0 aromatic heterocycles. The second-order valence-corrected chi connectivity index (χ2v) is 8.03. The van der Waals surface area contributed by atoms with Gasteiger partial charge in [-0.2, -0.15) is 0 Å². The van der Waals surface area contributed by atoms with Crippen LogP contribution < -0.4 is 14.4 Å². The number of rotatable bonds is 5. The lowest BCUT2D eigenvalue weighted by atomic mass is 10.2. The van der Waals surface area contributed by atoms with Crippen LogP contribution in [0.5, 0.6) is 5.75 Å². The van der Waals surface area contributed by atoms with E-state index in [1.165, 1.54) is 4.31 Å². The Morgan fingerprint density at radius 2 is 1.96 bits per heavy atom. The number of anilines is 2. The SMILES string of the molecule is O=C(COc1ccc(Cl)cc1)Nc1cccc(N2CCCS2(=O)=O)c1. The zero-order chi connectivity index (χ0) is 17.9. The number of nitrogens with one attached hydrogen (secondary N) is 1. The molecular formula is C17H17ClN2O4S. The molecule has 132 valence electrons. The van der Waals surface area contributed by atoms with Gasteiger partial charge >= 0.3 is 0 Å². The van der Waals surface area contributed by atoms with Crippen LogP contribution in [0.2, 0.25) is 5.02 Å². The van der Waals surface area contributed by atoms with Crippen LogP contribution in [0, 0.1) is 0 Å². The van der Waals surface area contributed by atoms with E-state index in [9.17, 15) is 13.2 Å². The molecule has 6 nitrogen and oxygen atoms in total. The Morgan fingerprint density at radius 1 is 1.20 bits per heavy atom. The van der Waals surface area contributed by atoms with Gasteiger partial charge in [-0.15, -0.1) is 0 Å². The topological polar surface area (TPSA) is 75.7 Å². The molecule has 2 aromatic carbocycles. The summed E-state index contributed by atoms with van der Waals surface area (Å²) < 4.78 is 30.7. The molecule has 1 aliphatic heterocycles. The van der Waals surface area contributed by atoms with Crippen molar-refractivity contribution in [3.05, 3.63) is 53.6 Å². The fourth-order valence-corrected chi connectivity index (χ4v) is 4.23. The average Bonchev–Trinajstić information content (AvgIpc) is 2.94. The van der Waals surface area contributed by atoms with Crippen LogP contribution in [-0.4, -0.2) is 33.2 Å². The van der Waals surface area contributed by atoms with Crippen molar-refractivity contribution in [3.8, 4) is 5.75 Å². The monoisotopic (exact) mass is 380 g/mol. The van der Waals surface area contributed by atoms with E-state index in [2.05, 4.69) is 5.32 Å². The van der Waals surface area contributed by atoms with Gasteiger partial charge in [-0.25, -0.2) is 8.42 Å². The third-order valence-electron chi connectivity index (χ3n) is 3.70. The van der Waals surface area contributed by atoms with Crippen LogP contribution >= 0.6 is 11.6 Å². The Morgan fingerprint density at radius 3 is 2.64 bits per heavy atom. The maximum absolute atomic E-state index is 12.0. The van der Waals surface area contributed by atoms with Crippen molar-refractivity contribution in [3.63, 3.8) is 0 Å². The Kier molecular flexibility index (Phi) is 5.15. The smallest absolute Gasteiger partial charge is 0.262 e. The van der Waals surface area contributed by atoms with E-state index in [-0.39, 0.29) is 18.3 Å². The number of hydrogen-bond acceptors (Lipinski definition) is 4. The second-order valence-electron chi connectivity index (χ2n) is 5.58. The minimum atomic E-state index is -3.25. The molecule has 0 atom stereocenters. The zero-order valence-electron chi connectivity index (χ0n) is 13.3. The zero-order valence-corrected chi connectivity index (χ0v) is 14.9. The molecule has 0 unspecified atom stereocenters. The lowest BCUT2D eigenvalue weighted by Gasteiger charge is -2.17. The Balaban J connectivity index is 1.62. The van der Waals surface area contributed by atoms with Gasteiger partial charge in [0.15, 0.2) is 6.61 Å². The number of hydrogen-bond donors (Lipinski definition) is 1. The number of nitrogens with zero attached hydrogens (tertiary/aromatic N) is 1. The van der Waals surface area contributed by atoms with Crippen LogP contribution in [0.1, 0.15) is 6.42 Å². The molecule has 0 aliphatic carbocycles. The minimum Gasteiger partial charge on any atom is -0.484 e. The first-order chi connectivity index (χ1) is 11.9. The number of amides is 1. The number of carbonyl (C=O) groups excluding carboxylic acids is 1. The second kappa shape index (κ2) is 7.33. The van der Waals surface area contributed by atoms with Gasteiger partial charge in [0.25, 0.3) is 5.91 Å². The lowest BCUT2D eigenvalue weighted by Crippen LogP contribution is -2.25. The summed E-state index contributed by atoms with van der Waals surface area (Å²) in [7, 11) is -3.25. The van der Waals surface area contributed by atoms with Gasteiger partial charge in [0, 0.05) is 17.3 Å². The van der Waals surface area contributed by atoms with Gasteiger partial charge in [0.05, 0.1) is 11.4 Å². The van der Waals surface area contributed by atoms with Crippen LogP contribution in [0.3, 0.4) is 0 Å². The predicted molar refractivity (Wildman–Crippen MR) is 97.8 cm³/mol. The summed E-state index contributed by atoms with van der Waals surface area (Å²) in [5.41, 5.74) is 1.07. The van der Waals surface area contributed by atoms with E-state index in [1.54, 1.807) is 48.5 Å². The fourth-order valence-electron chi connectivity index (χ4n) is 2.55. The van der Waals surface area contributed by atoms with Crippen molar-refractivity contribution in [2.45, 2.75) is 6.42 Å². The first-order valence-corrected chi connectivity index (χ1v) is 9.71. The molecule has 1 saturated heterocycles. The van der Waals surface area contributed by atoms with Gasteiger partial charge in [0.2, 0.25) is 10.0 Å². The van der Waals surface area contributed by atoms with Gasteiger partial charge in [-0.3, -0.25) is 9.10 Å². The van der Waals surface area contributed by atoms with Gasteiger partial charge in [-0.05, 0) is 48.9 Å². The van der Waals surface area contributed by atoms with Crippen molar-refractivity contribution in [2.24, 2.45) is 0 Å². The Bertz CT molecular complexity index is 868. The van der Waals surface area contributed by atoms with Gasteiger partial charge in [0.1, 0.15) is 5.75 Å². The van der Waals surface area contributed by atoms with Crippen molar-refractivity contribution >= 4 is 38.9 Å². The minimum absolute atomic E-state index is 0.151. The molecule has 8 heteroatoms.